The molecule has 0 spiro atoms. The van der Waals surface area contributed by atoms with Crippen LogP contribution in [-0.2, 0) is 32.9 Å². The van der Waals surface area contributed by atoms with E-state index in [1.54, 1.807) is 18.2 Å². The molecule has 2 amide bonds. The Morgan fingerprint density at radius 2 is 1.93 bits per heavy atom. The number of carbonyl (C=O) groups is 3. The zero-order valence-electron chi connectivity index (χ0n) is 22.2. The highest BCUT2D eigenvalue weighted by atomic mass is 31.2. The molecule has 7 atom stereocenters. The molecule has 2 unspecified atom stereocenters. The van der Waals surface area contributed by atoms with Crippen molar-refractivity contribution in [1.82, 2.24) is 10.4 Å². The predicted octanol–water partition coefficient (Wildman–Crippen LogP) is 2.05. The summed E-state index contributed by atoms with van der Waals surface area (Å²) in [5.74, 6) is -6.67. The van der Waals surface area contributed by atoms with E-state index in [4.69, 9.17) is 18.5 Å². The first-order valence-corrected chi connectivity index (χ1v) is 14.6. The first-order valence-electron chi connectivity index (χ1n) is 13.1. The van der Waals surface area contributed by atoms with Crippen molar-refractivity contribution >= 4 is 25.5 Å². The van der Waals surface area contributed by atoms with Crippen LogP contribution in [-0.4, -0.2) is 70.4 Å². The van der Waals surface area contributed by atoms with Crippen LogP contribution in [0, 0.1) is 5.92 Å². The summed E-state index contributed by atoms with van der Waals surface area (Å²) in [6, 6.07) is 6.61. The molecule has 2 heterocycles. The quantitative estimate of drug-likeness (QED) is 0.180. The summed E-state index contributed by atoms with van der Waals surface area (Å²) >= 11 is 0. The summed E-state index contributed by atoms with van der Waals surface area (Å²) in [7, 11) is -4.54. The Bertz CT molecular complexity index is 1180. The molecular formula is C26H34FN2O10P. The molecule has 4 N–H and O–H groups in total. The number of hydrogen-bond donors (Lipinski definition) is 4. The lowest BCUT2D eigenvalue weighted by Gasteiger charge is -2.31. The average Bonchev–Trinajstić information content (AvgIpc) is 3.09. The lowest BCUT2D eigenvalue weighted by Crippen LogP contribution is -2.53. The number of halogens is 1. The van der Waals surface area contributed by atoms with Gasteiger partial charge in [-0.3, -0.25) is 24.2 Å². The summed E-state index contributed by atoms with van der Waals surface area (Å²) in [6.45, 7) is 1.22. The zero-order chi connectivity index (χ0) is 29.1. The third kappa shape index (κ3) is 6.79. The monoisotopic (exact) mass is 584 g/mol. The van der Waals surface area contributed by atoms with Crippen molar-refractivity contribution in [3.8, 4) is 5.75 Å². The minimum absolute atomic E-state index is 0.0746. The Labute approximate surface area is 230 Å². The van der Waals surface area contributed by atoms with Gasteiger partial charge in [0.05, 0.1) is 5.92 Å². The second kappa shape index (κ2) is 12.1. The summed E-state index contributed by atoms with van der Waals surface area (Å²) in [6.07, 6.45) is 2.34. The van der Waals surface area contributed by atoms with Gasteiger partial charge in [-0.25, -0.2) is 8.96 Å². The van der Waals surface area contributed by atoms with E-state index < -0.39 is 67.8 Å². The maximum Gasteiger partial charge on any atom is 0.459 e. The van der Waals surface area contributed by atoms with Gasteiger partial charge in [0.25, 0.3) is 5.85 Å². The smallest absolute Gasteiger partial charge is 0.459 e. The Morgan fingerprint density at radius 3 is 2.58 bits per heavy atom. The van der Waals surface area contributed by atoms with E-state index in [1.165, 1.54) is 19.1 Å². The highest BCUT2D eigenvalue weighted by Crippen LogP contribution is 2.49. The molecule has 220 valence electrons. The van der Waals surface area contributed by atoms with E-state index in [0.29, 0.717) is 0 Å². The number of rotatable bonds is 10. The van der Waals surface area contributed by atoms with Crippen molar-refractivity contribution < 1.29 is 52.1 Å². The van der Waals surface area contributed by atoms with Gasteiger partial charge < -0.3 is 24.2 Å². The molecule has 14 heteroatoms. The van der Waals surface area contributed by atoms with Crippen molar-refractivity contribution in [2.75, 3.05) is 6.61 Å². The fourth-order valence-corrected chi connectivity index (χ4v) is 6.43. The number of para-hydroxylation sites is 1. The van der Waals surface area contributed by atoms with Crippen LogP contribution in [0.1, 0.15) is 46.0 Å². The molecule has 2 fully saturated rings. The first-order chi connectivity index (χ1) is 18.8. The number of aliphatic hydroxyl groups excluding tert-OH is 1. The van der Waals surface area contributed by atoms with Gasteiger partial charge in [-0.1, -0.05) is 30.7 Å². The fraction of sp³-hybridized carbons (Fsp3) is 0.577. The maximum absolute atomic E-state index is 16.0. The minimum Gasteiger partial charge on any atom is -0.461 e. The van der Waals surface area contributed by atoms with E-state index in [0.717, 1.165) is 51.2 Å². The molecule has 1 saturated heterocycles. The number of benzene rings is 1. The van der Waals surface area contributed by atoms with Crippen molar-refractivity contribution in [3.05, 3.63) is 42.5 Å². The fourth-order valence-electron chi connectivity index (χ4n) is 4.92. The molecule has 1 aromatic rings. The topological polar surface area (TPSA) is 170 Å². The number of amides is 2. The molecule has 2 aliphatic heterocycles. The SMILES string of the molecule is C[C@H](NP(=O)(OC[C@@]1(F)O[C@@H](C2C=CC(=O)NC2=O)[C@](C)(O)[C@@H]1O)Oc1ccccc1)C(=O)OC1CCCCC1. The van der Waals surface area contributed by atoms with Gasteiger partial charge >= 0.3 is 13.7 Å². The van der Waals surface area contributed by atoms with Crippen molar-refractivity contribution in [3.63, 3.8) is 0 Å². The average molecular weight is 585 g/mol. The molecule has 3 aliphatic rings. The van der Waals surface area contributed by atoms with E-state index in [-0.39, 0.29) is 11.9 Å². The van der Waals surface area contributed by atoms with Gasteiger partial charge in [0.15, 0.2) is 0 Å². The minimum atomic E-state index is -4.54. The van der Waals surface area contributed by atoms with Crippen molar-refractivity contribution in [1.29, 1.82) is 0 Å². The van der Waals surface area contributed by atoms with Gasteiger partial charge in [0.1, 0.15) is 42.3 Å². The Balaban J connectivity index is 1.50. The number of ether oxygens (including phenoxy) is 2. The van der Waals surface area contributed by atoms with Crippen molar-refractivity contribution in [2.24, 2.45) is 5.92 Å². The maximum atomic E-state index is 16.0. The Morgan fingerprint density at radius 1 is 1.25 bits per heavy atom. The normalized spacial score (nSPS) is 33.2. The standard InChI is InChI=1S/C26H34FN2O10P/c1-16(23(32)37-17-9-5-3-6-10-17)29-40(35,39-18-11-7-4-8-12-18)36-15-26(27)24(33)25(2,34)21(38-26)19-13-14-20(30)28-22(19)31/h4,7-8,11-14,16-17,19,21,24,33-34H,3,5-6,9-10,15H2,1-2H3,(H,29,35)(H,28,30,31)/t16-,19?,21-,24-,25-,26+,40?/m0/s1. The van der Waals surface area contributed by atoms with Crippen LogP contribution in [0.5, 0.6) is 5.75 Å². The largest absolute Gasteiger partial charge is 0.461 e. The van der Waals surface area contributed by atoms with Crippen LogP contribution in [0.25, 0.3) is 0 Å². The van der Waals surface area contributed by atoms with Gasteiger partial charge in [-0.05, 0) is 51.7 Å². The molecular weight excluding hydrogens is 550 g/mol. The molecule has 12 nitrogen and oxygen atoms in total. The van der Waals surface area contributed by atoms with Gasteiger partial charge in [-0.15, -0.1) is 0 Å². The van der Waals surface area contributed by atoms with Gasteiger partial charge in [0.2, 0.25) is 11.8 Å². The molecule has 1 aromatic carbocycles. The van der Waals surface area contributed by atoms with Gasteiger partial charge in [-0.2, -0.15) is 5.09 Å². The number of esters is 1. The third-order valence-corrected chi connectivity index (χ3v) is 8.76. The van der Waals surface area contributed by atoms with Crippen LogP contribution in [0.2, 0.25) is 0 Å². The van der Waals surface area contributed by atoms with E-state index in [1.807, 2.05) is 5.32 Å². The number of hydrogen-bond acceptors (Lipinski definition) is 10. The van der Waals surface area contributed by atoms with Crippen LogP contribution in [0.3, 0.4) is 0 Å². The lowest BCUT2D eigenvalue weighted by molar-refractivity contribution is -0.197. The van der Waals surface area contributed by atoms with Crippen LogP contribution >= 0.6 is 7.75 Å². The molecule has 4 rings (SSSR count). The number of nitrogens with one attached hydrogen (secondary N) is 2. The second-order valence-electron chi connectivity index (χ2n) is 10.4. The van der Waals surface area contributed by atoms with E-state index in [9.17, 15) is 29.2 Å². The van der Waals surface area contributed by atoms with E-state index in [2.05, 4.69) is 5.09 Å². The second-order valence-corrected chi connectivity index (χ2v) is 12.1. The summed E-state index contributed by atoms with van der Waals surface area (Å²) in [5, 5.41) is 26.0. The lowest BCUT2D eigenvalue weighted by atomic mass is 9.83. The van der Waals surface area contributed by atoms with Crippen LogP contribution in [0.4, 0.5) is 4.39 Å². The Hall–Kier alpha value is -2.67. The van der Waals surface area contributed by atoms with Crippen LogP contribution < -0.4 is 14.9 Å². The highest BCUT2D eigenvalue weighted by Gasteiger charge is 2.65. The summed E-state index contributed by atoms with van der Waals surface area (Å²) in [5.41, 5.74) is -2.32. The molecule has 1 aliphatic carbocycles. The Kier molecular flexibility index (Phi) is 9.13. The van der Waals surface area contributed by atoms with Crippen molar-refractivity contribution in [2.45, 2.75) is 81.8 Å². The first kappa shape index (κ1) is 30.3. The summed E-state index contributed by atoms with van der Waals surface area (Å²) in [4.78, 5) is 36.5. The molecule has 1 saturated carbocycles. The number of alkyl halides is 1. The predicted molar refractivity (Wildman–Crippen MR) is 137 cm³/mol. The molecule has 40 heavy (non-hydrogen) atoms. The molecule has 0 bridgehead atoms. The highest BCUT2D eigenvalue weighted by molar-refractivity contribution is 7.52. The number of aliphatic hydroxyl groups is 2. The molecule has 0 aromatic heterocycles. The van der Waals surface area contributed by atoms with Crippen LogP contribution in [0.15, 0.2) is 42.5 Å². The number of carbonyl (C=O) groups excluding carboxylic acids is 3. The third-order valence-electron chi connectivity index (χ3n) is 7.13. The number of imide groups is 1. The zero-order valence-corrected chi connectivity index (χ0v) is 23.1. The van der Waals surface area contributed by atoms with E-state index >= 15 is 4.39 Å². The molecule has 0 radical (unpaired) electrons. The van der Waals surface area contributed by atoms with Gasteiger partial charge in [0, 0.05) is 6.08 Å². The summed E-state index contributed by atoms with van der Waals surface area (Å²) < 4.78 is 51.5.